The van der Waals surface area contributed by atoms with Gasteiger partial charge >= 0.3 is 11.8 Å². The molecule has 208 valence electrons. The van der Waals surface area contributed by atoms with Crippen molar-refractivity contribution in [3.63, 3.8) is 0 Å². The Labute approximate surface area is 224 Å². The lowest BCUT2D eigenvalue weighted by Gasteiger charge is -2.39. The Kier molecular flexibility index (Phi) is 7.66. The summed E-state index contributed by atoms with van der Waals surface area (Å²) in [6.45, 7) is 9.85. The Morgan fingerprint density at radius 1 is 1.13 bits per heavy atom. The molecule has 3 aliphatic rings. The van der Waals surface area contributed by atoms with Gasteiger partial charge in [-0.1, -0.05) is 24.3 Å². The molecule has 1 aromatic heterocycles. The number of hydrogen-bond donors (Lipinski definition) is 1. The van der Waals surface area contributed by atoms with Crippen LogP contribution in [-0.4, -0.2) is 78.3 Å². The molecule has 0 spiro atoms. The van der Waals surface area contributed by atoms with Crippen molar-refractivity contribution < 1.29 is 19.4 Å². The van der Waals surface area contributed by atoms with Crippen molar-refractivity contribution in [1.29, 1.82) is 0 Å². The maximum atomic E-state index is 12.9. The molecule has 0 saturated carbocycles. The van der Waals surface area contributed by atoms with Crippen molar-refractivity contribution in [3.8, 4) is 0 Å². The second kappa shape index (κ2) is 10.8. The van der Waals surface area contributed by atoms with Crippen molar-refractivity contribution in [2.45, 2.75) is 110 Å². The van der Waals surface area contributed by atoms with Crippen LogP contribution in [0.4, 0.5) is 4.79 Å². The number of ether oxygens (including phenoxy) is 2. The largest absolute Gasteiger partial charge is 0.444 e. The molecule has 2 fully saturated rings. The summed E-state index contributed by atoms with van der Waals surface area (Å²) in [6, 6.07) is 9.12. The van der Waals surface area contributed by atoms with E-state index >= 15 is 0 Å². The molecule has 3 aliphatic heterocycles. The zero-order valence-corrected chi connectivity index (χ0v) is 23.0. The third-order valence-electron chi connectivity index (χ3n) is 7.96. The molecule has 3 unspecified atom stereocenters. The van der Waals surface area contributed by atoms with E-state index in [1.54, 1.807) is 9.47 Å². The fraction of sp³-hybridized carbons (Fsp3) is 0.679. The Balaban J connectivity index is 1.15. The minimum Gasteiger partial charge on any atom is -0.444 e. The molecule has 10 nitrogen and oxygen atoms in total. The Morgan fingerprint density at radius 3 is 2.53 bits per heavy atom. The van der Waals surface area contributed by atoms with Crippen LogP contribution in [0.1, 0.15) is 63.4 Å². The summed E-state index contributed by atoms with van der Waals surface area (Å²) in [4.78, 5) is 29.4. The maximum Gasteiger partial charge on any atom is 0.410 e. The van der Waals surface area contributed by atoms with Gasteiger partial charge in [-0.3, -0.25) is 14.4 Å². The molecular formula is C28H41N5O5. The molecule has 2 aromatic rings. The number of carbonyl (C=O) groups is 1. The Hall–Kier alpha value is -2.69. The third-order valence-corrected chi connectivity index (χ3v) is 7.96. The molecular weight excluding hydrogens is 486 g/mol. The number of amides is 1. The number of aliphatic hydroxyl groups excluding tert-OH is 1. The van der Waals surface area contributed by atoms with Gasteiger partial charge in [0.25, 0.3) is 0 Å². The Morgan fingerprint density at radius 2 is 1.84 bits per heavy atom. The van der Waals surface area contributed by atoms with Crippen molar-refractivity contribution in [2.75, 3.05) is 13.1 Å². The second-order valence-electron chi connectivity index (χ2n) is 12.0. The summed E-state index contributed by atoms with van der Waals surface area (Å²) in [7, 11) is 0. The minimum absolute atomic E-state index is 0.133. The summed E-state index contributed by atoms with van der Waals surface area (Å²) in [6.07, 6.45) is 3.27. The summed E-state index contributed by atoms with van der Waals surface area (Å²) in [5.74, 6) is 0.519. The van der Waals surface area contributed by atoms with E-state index in [4.69, 9.17) is 9.47 Å². The summed E-state index contributed by atoms with van der Waals surface area (Å²) >= 11 is 0. The zero-order chi connectivity index (χ0) is 27.0. The van der Waals surface area contributed by atoms with Crippen LogP contribution in [-0.2, 0) is 35.7 Å². The number of nitrogens with zero attached hydrogens (tertiary/aromatic N) is 5. The van der Waals surface area contributed by atoms with Gasteiger partial charge in [-0.15, -0.1) is 0 Å². The van der Waals surface area contributed by atoms with Crippen LogP contribution in [0.3, 0.4) is 0 Å². The SMILES string of the molecule is Cc1ccccc1COC1CC2CCC(C1)N2CC(O)Cn1nc2n(c1=O)CCN(C(=O)OC(C)(C)C)C2. The second-order valence-corrected chi connectivity index (χ2v) is 12.0. The van der Waals surface area contributed by atoms with Gasteiger partial charge in [-0.05, 0) is 64.5 Å². The van der Waals surface area contributed by atoms with Crippen LogP contribution in [0.15, 0.2) is 29.1 Å². The highest BCUT2D eigenvalue weighted by atomic mass is 16.6. The van der Waals surface area contributed by atoms with Gasteiger partial charge in [0.15, 0.2) is 5.82 Å². The average molecular weight is 528 g/mol. The highest BCUT2D eigenvalue weighted by Gasteiger charge is 2.41. The predicted molar refractivity (Wildman–Crippen MR) is 142 cm³/mol. The van der Waals surface area contributed by atoms with E-state index in [2.05, 4.69) is 41.2 Å². The van der Waals surface area contributed by atoms with Crippen LogP contribution >= 0.6 is 0 Å². The molecule has 10 heteroatoms. The topological polar surface area (TPSA) is 102 Å². The fourth-order valence-corrected chi connectivity index (χ4v) is 6.04. The smallest absolute Gasteiger partial charge is 0.410 e. The van der Waals surface area contributed by atoms with Gasteiger partial charge in [0.2, 0.25) is 0 Å². The fourth-order valence-electron chi connectivity index (χ4n) is 6.04. The number of fused-ring (bicyclic) bond motifs is 3. The molecule has 3 atom stereocenters. The van der Waals surface area contributed by atoms with E-state index in [1.807, 2.05) is 20.8 Å². The molecule has 5 rings (SSSR count). The molecule has 4 heterocycles. The van der Waals surface area contributed by atoms with Crippen LogP contribution in [0.2, 0.25) is 0 Å². The number of rotatable bonds is 7. The first kappa shape index (κ1) is 26.9. The lowest BCUT2D eigenvalue weighted by Crippen LogP contribution is -2.49. The molecule has 0 aliphatic carbocycles. The standard InChI is InChI=1S/C28H41N5O5/c1-19-7-5-6-8-20(19)18-37-24-13-21-9-10-22(14-24)32(21)15-23(34)16-33-26(35)31-12-11-30(17-25(31)29-33)27(36)38-28(2,3)4/h5-8,21-24,34H,9-18H2,1-4H3. The molecule has 2 bridgehead atoms. The summed E-state index contributed by atoms with van der Waals surface area (Å²) in [5.41, 5.74) is 1.66. The van der Waals surface area contributed by atoms with Crippen LogP contribution in [0.25, 0.3) is 0 Å². The van der Waals surface area contributed by atoms with E-state index in [0.29, 0.717) is 44.1 Å². The van der Waals surface area contributed by atoms with E-state index in [0.717, 1.165) is 25.7 Å². The average Bonchev–Trinajstić information content (AvgIpc) is 3.27. The van der Waals surface area contributed by atoms with Gasteiger partial charge in [0.05, 0.1) is 31.9 Å². The van der Waals surface area contributed by atoms with Gasteiger partial charge in [0, 0.05) is 31.7 Å². The first-order valence-corrected chi connectivity index (χ1v) is 13.8. The molecule has 1 N–H and O–H groups in total. The lowest BCUT2D eigenvalue weighted by atomic mass is 9.99. The van der Waals surface area contributed by atoms with Crippen LogP contribution < -0.4 is 5.69 Å². The molecule has 1 aromatic carbocycles. The van der Waals surface area contributed by atoms with Gasteiger partial charge in [-0.25, -0.2) is 14.3 Å². The predicted octanol–water partition coefficient (Wildman–Crippen LogP) is 2.68. The van der Waals surface area contributed by atoms with Gasteiger partial charge in [0.1, 0.15) is 5.60 Å². The van der Waals surface area contributed by atoms with Crippen LogP contribution in [0.5, 0.6) is 0 Å². The Bertz CT molecular complexity index is 1190. The quantitative estimate of drug-likeness (QED) is 0.591. The van der Waals surface area contributed by atoms with Crippen LogP contribution in [0, 0.1) is 6.92 Å². The summed E-state index contributed by atoms with van der Waals surface area (Å²) < 4.78 is 14.7. The van der Waals surface area contributed by atoms with Crippen molar-refractivity contribution in [1.82, 2.24) is 24.1 Å². The third kappa shape index (κ3) is 5.97. The number of carbonyl (C=O) groups excluding carboxylic acids is 1. The molecule has 2 saturated heterocycles. The minimum atomic E-state index is -0.709. The maximum absolute atomic E-state index is 12.9. The number of aliphatic hydroxyl groups is 1. The highest BCUT2D eigenvalue weighted by molar-refractivity contribution is 5.68. The van der Waals surface area contributed by atoms with E-state index in [9.17, 15) is 14.7 Å². The van der Waals surface area contributed by atoms with Gasteiger partial charge < -0.3 is 14.6 Å². The number of benzene rings is 1. The number of piperidine rings is 1. The lowest BCUT2D eigenvalue weighted by molar-refractivity contribution is -0.0403. The normalized spacial score (nSPS) is 24.3. The molecule has 38 heavy (non-hydrogen) atoms. The van der Waals surface area contributed by atoms with E-state index < -0.39 is 17.8 Å². The number of hydrogen-bond acceptors (Lipinski definition) is 7. The number of aromatic nitrogens is 3. The first-order chi connectivity index (χ1) is 18.1. The van der Waals surface area contributed by atoms with E-state index in [1.165, 1.54) is 15.8 Å². The summed E-state index contributed by atoms with van der Waals surface area (Å²) in [5, 5.41) is 15.4. The van der Waals surface area contributed by atoms with Crippen molar-refractivity contribution >= 4 is 6.09 Å². The zero-order valence-electron chi connectivity index (χ0n) is 23.0. The monoisotopic (exact) mass is 527 g/mol. The van der Waals surface area contributed by atoms with Gasteiger partial charge in [-0.2, -0.15) is 5.10 Å². The van der Waals surface area contributed by atoms with Crippen molar-refractivity contribution in [3.05, 3.63) is 51.7 Å². The molecule has 0 radical (unpaired) electrons. The van der Waals surface area contributed by atoms with E-state index in [-0.39, 0.29) is 24.9 Å². The van der Waals surface area contributed by atoms with Crippen molar-refractivity contribution in [2.24, 2.45) is 0 Å². The molecule has 1 amide bonds. The number of aryl methyl sites for hydroxylation is 1. The highest BCUT2D eigenvalue weighted by Crippen LogP contribution is 2.37. The first-order valence-electron chi connectivity index (χ1n) is 13.8.